The Bertz CT molecular complexity index is 889. The monoisotopic (exact) mass is 446 g/mol. The van der Waals surface area contributed by atoms with Crippen molar-refractivity contribution >= 4 is 58.2 Å². The van der Waals surface area contributed by atoms with Crippen molar-refractivity contribution < 1.29 is 9.59 Å². The van der Waals surface area contributed by atoms with Gasteiger partial charge >= 0.3 is 0 Å². The van der Waals surface area contributed by atoms with Crippen LogP contribution in [0.4, 0.5) is 0 Å². The lowest BCUT2D eigenvalue weighted by molar-refractivity contribution is 0.0730. The molecule has 0 bridgehead atoms. The Morgan fingerprint density at radius 3 is 2.11 bits per heavy atom. The first kappa shape index (κ1) is 20.1. The summed E-state index contributed by atoms with van der Waals surface area (Å²) in [6.45, 7) is 0.502. The molecule has 1 N–H and O–H groups in total. The lowest BCUT2D eigenvalue weighted by Crippen LogP contribution is -2.40. The van der Waals surface area contributed by atoms with Gasteiger partial charge in [0.2, 0.25) is 0 Å². The zero-order chi connectivity index (χ0) is 19.6. The summed E-state index contributed by atoms with van der Waals surface area (Å²) in [6.07, 6.45) is 1.78. The summed E-state index contributed by atoms with van der Waals surface area (Å²) >= 11 is 23.7. The third-order valence-corrected chi connectivity index (χ3v) is 4.96. The molecule has 2 amide bonds. The molecule has 27 heavy (non-hydrogen) atoms. The van der Waals surface area contributed by atoms with E-state index < -0.39 is 5.91 Å². The van der Waals surface area contributed by atoms with Crippen LogP contribution in [-0.2, 0) is 0 Å². The number of carbonyl (C=O) groups excluding carboxylic acids is 2. The van der Waals surface area contributed by atoms with Crippen LogP contribution in [0.1, 0.15) is 33.8 Å². The van der Waals surface area contributed by atoms with Crippen LogP contribution in [-0.4, -0.2) is 45.8 Å². The Labute approximate surface area is 175 Å². The molecule has 0 aliphatic heterocycles. The topological polar surface area (TPSA) is 75.2 Å². The van der Waals surface area contributed by atoms with Crippen molar-refractivity contribution in [1.29, 1.82) is 0 Å². The van der Waals surface area contributed by atoms with E-state index in [0.29, 0.717) is 0 Å². The van der Waals surface area contributed by atoms with Gasteiger partial charge in [0.1, 0.15) is 21.7 Å². The van der Waals surface area contributed by atoms with Crippen molar-refractivity contribution in [2.45, 2.75) is 18.9 Å². The molecule has 0 atom stereocenters. The number of amides is 2. The smallest absolute Gasteiger partial charge is 0.274 e. The maximum absolute atomic E-state index is 12.8. The van der Waals surface area contributed by atoms with Gasteiger partial charge in [-0.25, -0.2) is 9.97 Å². The van der Waals surface area contributed by atoms with Gasteiger partial charge in [-0.15, -0.1) is 0 Å². The average molecular weight is 448 g/mol. The molecular formula is C17H14Cl4N4O2. The quantitative estimate of drug-likeness (QED) is 0.675. The molecule has 10 heteroatoms. The number of aromatic nitrogens is 2. The predicted molar refractivity (Wildman–Crippen MR) is 105 cm³/mol. The van der Waals surface area contributed by atoms with Crippen LogP contribution in [0.2, 0.25) is 20.4 Å². The first-order valence-corrected chi connectivity index (χ1v) is 9.61. The maximum atomic E-state index is 12.8. The van der Waals surface area contributed by atoms with Crippen molar-refractivity contribution in [2.24, 2.45) is 0 Å². The molecule has 0 radical (unpaired) electrons. The van der Waals surface area contributed by atoms with E-state index in [9.17, 15) is 9.59 Å². The summed E-state index contributed by atoms with van der Waals surface area (Å²) in [5.41, 5.74) is 0.134. The summed E-state index contributed by atoms with van der Waals surface area (Å²) in [5, 5.41) is 3.48. The van der Waals surface area contributed by atoms with Gasteiger partial charge < -0.3 is 10.2 Å². The third kappa shape index (κ3) is 5.02. The van der Waals surface area contributed by atoms with E-state index >= 15 is 0 Å². The Morgan fingerprint density at radius 1 is 0.963 bits per heavy atom. The fourth-order valence-electron chi connectivity index (χ4n) is 2.49. The summed E-state index contributed by atoms with van der Waals surface area (Å²) in [7, 11) is 0. The van der Waals surface area contributed by atoms with E-state index in [2.05, 4.69) is 15.3 Å². The number of hydrogen-bond donors (Lipinski definition) is 1. The lowest BCUT2D eigenvalue weighted by Gasteiger charge is -2.22. The van der Waals surface area contributed by atoms with Crippen molar-refractivity contribution in [1.82, 2.24) is 20.2 Å². The van der Waals surface area contributed by atoms with E-state index in [1.807, 2.05) is 0 Å². The molecule has 0 spiro atoms. The fourth-order valence-corrected chi connectivity index (χ4v) is 3.16. The molecule has 2 aromatic heterocycles. The first-order chi connectivity index (χ1) is 12.9. The Kier molecular flexibility index (Phi) is 6.42. The minimum absolute atomic E-state index is 0.0352. The van der Waals surface area contributed by atoms with Crippen LogP contribution < -0.4 is 5.32 Å². The number of hydrogen-bond acceptors (Lipinski definition) is 4. The van der Waals surface area contributed by atoms with Gasteiger partial charge in [0.15, 0.2) is 0 Å². The van der Waals surface area contributed by atoms with Crippen LogP contribution >= 0.6 is 46.4 Å². The second kappa shape index (κ2) is 8.61. The highest BCUT2D eigenvalue weighted by Crippen LogP contribution is 2.29. The Balaban J connectivity index is 1.65. The number of halogens is 4. The summed E-state index contributed by atoms with van der Waals surface area (Å²) in [4.78, 5) is 34.6. The normalized spacial score (nSPS) is 13.3. The first-order valence-electron chi connectivity index (χ1n) is 8.10. The Morgan fingerprint density at radius 2 is 1.52 bits per heavy atom. The maximum Gasteiger partial charge on any atom is 0.274 e. The van der Waals surface area contributed by atoms with Crippen LogP contribution in [0.15, 0.2) is 24.3 Å². The summed E-state index contributed by atoms with van der Waals surface area (Å²) in [6, 6.07) is 6.14. The highest BCUT2D eigenvalue weighted by Gasteiger charge is 2.34. The molecule has 3 rings (SSSR count). The molecule has 2 heterocycles. The highest BCUT2D eigenvalue weighted by molar-refractivity contribution is 6.35. The largest absolute Gasteiger partial charge is 0.349 e. The van der Waals surface area contributed by atoms with Crippen LogP contribution in [0.5, 0.6) is 0 Å². The van der Waals surface area contributed by atoms with E-state index in [1.54, 1.807) is 4.90 Å². The van der Waals surface area contributed by atoms with Crippen molar-refractivity contribution in [2.75, 3.05) is 13.1 Å². The number of nitrogens with one attached hydrogen (secondary N) is 1. The number of pyridine rings is 2. The van der Waals surface area contributed by atoms with E-state index in [-0.39, 0.29) is 56.8 Å². The minimum atomic E-state index is -0.468. The third-order valence-electron chi connectivity index (χ3n) is 3.93. The van der Waals surface area contributed by atoms with Gasteiger partial charge in [0, 0.05) is 19.1 Å². The van der Waals surface area contributed by atoms with Gasteiger partial charge in [-0.3, -0.25) is 9.59 Å². The van der Waals surface area contributed by atoms with Crippen molar-refractivity contribution in [3.05, 3.63) is 56.0 Å². The average Bonchev–Trinajstić information content (AvgIpc) is 3.47. The molecule has 1 aliphatic rings. The van der Waals surface area contributed by atoms with Gasteiger partial charge in [-0.05, 0) is 37.1 Å². The summed E-state index contributed by atoms with van der Waals surface area (Å²) in [5.74, 6) is -0.789. The highest BCUT2D eigenvalue weighted by atomic mass is 35.5. The number of carbonyl (C=O) groups is 2. The van der Waals surface area contributed by atoms with Gasteiger partial charge in [-0.2, -0.15) is 0 Å². The predicted octanol–water partition coefficient (Wildman–Crippen LogP) is 4.12. The van der Waals surface area contributed by atoms with E-state index in [0.717, 1.165) is 12.8 Å². The van der Waals surface area contributed by atoms with Gasteiger partial charge in [0.05, 0.1) is 10.0 Å². The standard InChI is InChI=1S/C17H14Cl4N4O2/c18-10-3-5-12(20)23-14(10)16(26)22-7-8-25(9-1-2-9)17(27)15-11(19)4-6-13(21)24-15/h3-6,9H,1-2,7-8H2,(H,22,26). The van der Waals surface area contributed by atoms with E-state index in [4.69, 9.17) is 46.4 Å². The van der Waals surface area contributed by atoms with Crippen molar-refractivity contribution in [3.63, 3.8) is 0 Å². The van der Waals surface area contributed by atoms with Crippen LogP contribution in [0, 0.1) is 0 Å². The van der Waals surface area contributed by atoms with E-state index in [1.165, 1.54) is 24.3 Å². The molecule has 2 aromatic rings. The molecule has 1 saturated carbocycles. The molecule has 1 fully saturated rings. The minimum Gasteiger partial charge on any atom is -0.349 e. The lowest BCUT2D eigenvalue weighted by atomic mass is 10.3. The number of rotatable bonds is 6. The SMILES string of the molecule is O=C(NCCN(C(=O)c1nc(Cl)ccc1Cl)C1CC1)c1nc(Cl)ccc1Cl. The molecule has 6 nitrogen and oxygen atoms in total. The summed E-state index contributed by atoms with van der Waals surface area (Å²) < 4.78 is 0. The molecule has 0 unspecified atom stereocenters. The molecule has 0 aromatic carbocycles. The second-order valence-corrected chi connectivity index (χ2v) is 7.50. The molecule has 1 aliphatic carbocycles. The zero-order valence-electron chi connectivity index (χ0n) is 13.9. The molecule has 142 valence electrons. The van der Waals surface area contributed by atoms with Crippen molar-refractivity contribution in [3.8, 4) is 0 Å². The van der Waals surface area contributed by atoms with Crippen LogP contribution in [0.3, 0.4) is 0 Å². The Hall–Kier alpha value is -1.60. The molecule has 0 saturated heterocycles. The fraction of sp³-hybridized carbons (Fsp3) is 0.294. The van der Waals surface area contributed by atoms with Gasteiger partial charge in [-0.1, -0.05) is 46.4 Å². The zero-order valence-corrected chi connectivity index (χ0v) is 16.9. The van der Waals surface area contributed by atoms with Gasteiger partial charge in [0.25, 0.3) is 11.8 Å². The second-order valence-electron chi connectivity index (χ2n) is 5.91. The van der Waals surface area contributed by atoms with Crippen LogP contribution in [0.25, 0.3) is 0 Å². The number of nitrogens with zero attached hydrogens (tertiary/aromatic N) is 3. The molecular weight excluding hydrogens is 434 g/mol.